The molecule has 2 aromatic rings. The SMILES string of the molecule is O=C(Nc1ccc(Cl)cc1Cl)C1CCCN(Cc2c(F)cccc2Cl)C1. The van der Waals surface area contributed by atoms with E-state index >= 15 is 0 Å². The highest BCUT2D eigenvalue weighted by Crippen LogP contribution is 2.28. The van der Waals surface area contributed by atoms with E-state index in [1.54, 1.807) is 30.3 Å². The van der Waals surface area contributed by atoms with Crippen molar-refractivity contribution >= 4 is 46.4 Å². The maximum atomic E-state index is 14.0. The number of benzene rings is 2. The second kappa shape index (κ2) is 8.57. The molecule has 0 spiro atoms. The highest BCUT2D eigenvalue weighted by atomic mass is 35.5. The van der Waals surface area contributed by atoms with Crippen molar-refractivity contribution in [1.82, 2.24) is 4.90 Å². The fourth-order valence-corrected chi connectivity index (χ4v) is 3.82. The molecule has 1 unspecified atom stereocenters. The molecule has 0 aromatic heterocycles. The zero-order chi connectivity index (χ0) is 18.7. The second-order valence-corrected chi connectivity index (χ2v) is 7.64. The molecule has 0 aliphatic carbocycles. The van der Waals surface area contributed by atoms with Crippen molar-refractivity contribution in [3.63, 3.8) is 0 Å². The summed E-state index contributed by atoms with van der Waals surface area (Å²) >= 11 is 18.1. The van der Waals surface area contributed by atoms with Gasteiger partial charge in [-0.3, -0.25) is 9.69 Å². The Morgan fingerprint density at radius 1 is 1.19 bits per heavy atom. The number of nitrogens with one attached hydrogen (secondary N) is 1. The van der Waals surface area contributed by atoms with Crippen LogP contribution in [-0.4, -0.2) is 23.9 Å². The van der Waals surface area contributed by atoms with Gasteiger partial charge in [-0.1, -0.05) is 40.9 Å². The molecular weight excluding hydrogens is 398 g/mol. The Hall–Kier alpha value is -1.33. The standard InChI is InChI=1S/C19H18Cl3FN2O/c20-13-6-7-18(16(22)9-13)24-19(26)12-3-2-8-25(10-12)11-14-15(21)4-1-5-17(14)23/h1,4-7,9,12H,2-3,8,10-11H2,(H,24,26). The van der Waals surface area contributed by atoms with Crippen LogP contribution in [0.25, 0.3) is 0 Å². The Morgan fingerprint density at radius 3 is 2.73 bits per heavy atom. The normalized spacial score (nSPS) is 17.9. The third-order valence-electron chi connectivity index (χ3n) is 4.51. The van der Waals surface area contributed by atoms with Gasteiger partial charge in [0, 0.05) is 28.7 Å². The van der Waals surface area contributed by atoms with Gasteiger partial charge >= 0.3 is 0 Å². The molecule has 1 N–H and O–H groups in total. The molecule has 1 amide bonds. The summed E-state index contributed by atoms with van der Waals surface area (Å²) in [5, 5.41) is 4.18. The van der Waals surface area contributed by atoms with E-state index in [1.807, 2.05) is 0 Å². The van der Waals surface area contributed by atoms with Gasteiger partial charge in [-0.05, 0) is 49.7 Å². The van der Waals surface area contributed by atoms with Crippen LogP contribution in [0.2, 0.25) is 15.1 Å². The molecule has 3 nitrogen and oxygen atoms in total. The first-order valence-electron chi connectivity index (χ1n) is 8.35. The number of hydrogen-bond donors (Lipinski definition) is 1. The van der Waals surface area contributed by atoms with Gasteiger partial charge in [0.2, 0.25) is 5.91 Å². The van der Waals surface area contributed by atoms with E-state index in [0.29, 0.717) is 39.4 Å². The van der Waals surface area contributed by atoms with Gasteiger partial charge in [-0.15, -0.1) is 0 Å². The molecule has 0 saturated carbocycles. The van der Waals surface area contributed by atoms with Gasteiger partial charge < -0.3 is 5.32 Å². The van der Waals surface area contributed by atoms with Crippen molar-refractivity contribution in [1.29, 1.82) is 0 Å². The topological polar surface area (TPSA) is 32.3 Å². The molecule has 1 saturated heterocycles. The molecular formula is C19H18Cl3FN2O. The van der Waals surface area contributed by atoms with Crippen LogP contribution >= 0.6 is 34.8 Å². The molecule has 138 valence electrons. The van der Waals surface area contributed by atoms with Crippen molar-refractivity contribution < 1.29 is 9.18 Å². The van der Waals surface area contributed by atoms with Crippen LogP contribution in [0.1, 0.15) is 18.4 Å². The van der Waals surface area contributed by atoms with E-state index in [2.05, 4.69) is 10.2 Å². The van der Waals surface area contributed by atoms with E-state index in [-0.39, 0.29) is 17.6 Å². The summed E-state index contributed by atoms with van der Waals surface area (Å²) in [4.78, 5) is 14.7. The molecule has 2 aromatic carbocycles. The summed E-state index contributed by atoms with van der Waals surface area (Å²) < 4.78 is 14.0. The molecule has 7 heteroatoms. The highest BCUT2D eigenvalue weighted by Gasteiger charge is 2.27. The van der Waals surface area contributed by atoms with Crippen molar-refractivity contribution in [2.45, 2.75) is 19.4 Å². The van der Waals surface area contributed by atoms with Gasteiger partial charge in [0.25, 0.3) is 0 Å². The van der Waals surface area contributed by atoms with E-state index in [0.717, 1.165) is 19.4 Å². The Labute approximate surface area is 167 Å². The largest absolute Gasteiger partial charge is 0.324 e. The molecule has 1 aliphatic heterocycles. The third-order valence-corrected chi connectivity index (χ3v) is 5.41. The Morgan fingerprint density at radius 2 is 2.00 bits per heavy atom. The van der Waals surface area contributed by atoms with Crippen molar-refractivity contribution in [3.8, 4) is 0 Å². The molecule has 1 fully saturated rings. The zero-order valence-corrected chi connectivity index (χ0v) is 16.2. The van der Waals surface area contributed by atoms with Crippen LogP contribution < -0.4 is 5.32 Å². The van der Waals surface area contributed by atoms with E-state index in [4.69, 9.17) is 34.8 Å². The van der Waals surface area contributed by atoms with Crippen molar-refractivity contribution in [2.75, 3.05) is 18.4 Å². The number of hydrogen-bond acceptors (Lipinski definition) is 2. The Kier molecular flexibility index (Phi) is 6.41. The first kappa shape index (κ1) is 19.4. The maximum absolute atomic E-state index is 14.0. The first-order valence-corrected chi connectivity index (χ1v) is 9.48. The average molecular weight is 416 g/mol. The summed E-state index contributed by atoms with van der Waals surface area (Å²) in [6.45, 7) is 1.73. The number of amides is 1. The van der Waals surface area contributed by atoms with Crippen LogP contribution in [0.4, 0.5) is 10.1 Å². The molecule has 0 bridgehead atoms. The molecule has 26 heavy (non-hydrogen) atoms. The number of anilines is 1. The van der Waals surface area contributed by atoms with Gasteiger partial charge in [0.15, 0.2) is 0 Å². The predicted molar refractivity (Wildman–Crippen MR) is 105 cm³/mol. The monoisotopic (exact) mass is 414 g/mol. The van der Waals surface area contributed by atoms with Crippen LogP contribution in [0.3, 0.4) is 0 Å². The van der Waals surface area contributed by atoms with E-state index < -0.39 is 0 Å². The number of carbonyl (C=O) groups is 1. The molecule has 1 heterocycles. The number of piperidine rings is 1. The number of carbonyl (C=O) groups excluding carboxylic acids is 1. The molecule has 3 rings (SSSR count). The third kappa shape index (κ3) is 4.68. The summed E-state index contributed by atoms with van der Waals surface area (Å²) in [6.07, 6.45) is 1.64. The van der Waals surface area contributed by atoms with E-state index in [1.165, 1.54) is 6.07 Å². The number of likely N-dealkylation sites (tertiary alicyclic amines) is 1. The fourth-order valence-electron chi connectivity index (χ4n) is 3.15. The van der Waals surface area contributed by atoms with Gasteiger partial charge in [0.05, 0.1) is 16.6 Å². The number of nitrogens with zero attached hydrogens (tertiary/aromatic N) is 1. The summed E-state index contributed by atoms with van der Waals surface area (Å²) in [7, 11) is 0. The van der Waals surface area contributed by atoms with Crippen LogP contribution in [0, 0.1) is 11.7 Å². The molecule has 1 aliphatic rings. The summed E-state index contributed by atoms with van der Waals surface area (Å²) in [5.41, 5.74) is 1.01. The highest BCUT2D eigenvalue weighted by molar-refractivity contribution is 6.36. The molecule has 1 atom stereocenters. The van der Waals surface area contributed by atoms with Crippen LogP contribution in [0.15, 0.2) is 36.4 Å². The van der Waals surface area contributed by atoms with Crippen molar-refractivity contribution in [3.05, 3.63) is 62.8 Å². The van der Waals surface area contributed by atoms with Crippen molar-refractivity contribution in [2.24, 2.45) is 5.92 Å². The smallest absolute Gasteiger partial charge is 0.228 e. The summed E-state index contributed by atoms with van der Waals surface area (Å²) in [5.74, 6) is -0.614. The lowest BCUT2D eigenvalue weighted by atomic mass is 9.96. The first-order chi connectivity index (χ1) is 12.4. The van der Waals surface area contributed by atoms with Gasteiger partial charge in [0.1, 0.15) is 5.82 Å². The quantitative estimate of drug-likeness (QED) is 0.701. The van der Waals surface area contributed by atoms with E-state index in [9.17, 15) is 9.18 Å². The Bertz CT molecular complexity index is 795. The average Bonchev–Trinajstić information content (AvgIpc) is 2.61. The van der Waals surface area contributed by atoms with Crippen LogP contribution in [0.5, 0.6) is 0 Å². The predicted octanol–water partition coefficient (Wildman–Crippen LogP) is 5.64. The maximum Gasteiger partial charge on any atom is 0.228 e. The lowest BCUT2D eigenvalue weighted by molar-refractivity contribution is -0.121. The minimum absolute atomic E-state index is 0.0986. The Balaban J connectivity index is 1.65. The lowest BCUT2D eigenvalue weighted by Crippen LogP contribution is -2.40. The number of halogens is 4. The lowest BCUT2D eigenvalue weighted by Gasteiger charge is -2.32. The minimum atomic E-state index is -0.322. The molecule has 0 radical (unpaired) electrons. The summed E-state index contributed by atoms with van der Waals surface area (Å²) in [6, 6.07) is 9.61. The van der Waals surface area contributed by atoms with Gasteiger partial charge in [-0.25, -0.2) is 4.39 Å². The fraction of sp³-hybridized carbons (Fsp3) is 0.316. The zero-order valence-electron chi connectivity index (χ0n) is 13.9. The number of rotatable bonds is 4. The second-order valence-electron chi connectivity index (χ2n) is 6.39. The van der Waals surface area contributed by atoms with Crippen LogP contribution in [-0.2, 0) is 11.3 Å². The minimum Gasteiger partial charge on any atom is -0.324 e. The van der Waals surface area contributed by atoms with Gasteiger partial charge in [-0.2, -0.15) is 0 Å².